The third kappa shape index (κ3) is 3.61. The van der Waals surface area contributed by atoms with Crippen LogP contribution in [0.3, 0.4) is 0 Å². The van der Waals surface area contributed by atoms with Crippen LogP contribution in [0, 0.1) is 0 Å². The molecule has 126 valence electrons. The minimum absolute atomic E-state index is 0.165. The topological polar surface area (TPSA) is 73.3 Å². The number of carbonyl (C=O) groups is 1. The summed E-state index contributed by atoms with van der Waals surface area (Å²) in [7, 11) is 0. The standard InChI is InChI=1S/C18H15N3O3S/c22-17(15-11-23-13-8-4-5-9-14(13)24-15)19-18-21-20-16(25-18)10-12-6-2-1-3-7-12/h1-9,15H,10-11H2,(H,19,21,22)/t15-/m0/s1. The van der Waals surface area contributed by atoms with E-state index in [1.807, 2.05) is 48.5 Å². The molecule has 0 bridgehead atoms. The molecule has 1 atom stereocenters. The Morgan fingerprint density at radius 3 is 2.68 bits per heavy atom. The van der Waals surface area contributed by atoms with E-state index in [9.17, 15) is 4.79 Å². The number of nitrogens with one attached hydrogen (secondary N) is 1. The minimum atomic E-state index is -0.712. The first kappa shape index (κ1) is 15.6. The fourth-order valence-electron chi connectivity index (χ4n) is 2.48. The minimum Gasteiger partial charge on any atom is -0.485 e. The summed E-state index contributed by atoms with van der Waals surface area (Å²) < 4.78 is 11.2. The van der Waals surface area contributed by atoms with Gasteiger partial charge in [-0.1, -0.05) is 53.8 Å². The summed E-state index contributed by atoms with van der Waals surface area (Å²) >= 11 is 1.36. The van der Waals surface area contributed by atoms with Gasteiger partial charge in [0.05, 0.1) is 0 Å². The Bertz CT molecular complexity index is 882. The lowest BCUT2D eigenvalue weighted by Gasteiger charge is -2.25. The number of carbonyl (C=O) groups excluding carboxylic acids is 1. The highest BCUT2D eigenvalue weighted by molar-refractivity contribution is 7.15. The normalized spacial score (nSPS) is 15.6. The molecule has 3 aromatic rings. The van der Waals surface area contributed by atoms with Crippen LogP contribution in [0.5, 0.6) is 11.5 Å². The molecule has 25 heavy (non-hydrogen) atoms. The van der Waals surface area contributed by atoms with Crippen LogP contribution in [0.1, 0.15) is 10.6 Å². The Labute approximate surface area is 148 Å². The SMILES string of the molecule is O=C(Nc1nnc(Cc2ccccc2)s1)[C@@H]1COc2ccccc2O1. The predicted molar refractivity (Wildman–Crippen MR) is 94.1 cm³/mol. The van der Waals surface area contributed by atoms with Crippen molar-refractivity contribution in [1.82, 2.24) is 10.2 Å². The van der Waals surface area contributed by atoms with E-state index in [2.05, 4.69) is 15.5 Å². The fourth-order valence-corrected chi connectivity index (χ4v) is 3.26. The van der Waals surface area contributed by atoms with E-state index in [0.29, 0.717) is 23.1 Å². The molecule has 0 saturated heterocycles. The number of hydrogen-bond acceptors (Lipinski definition) is 6. The number of para-hydroxylation sites is 2. The molecule has 1 aliphatic heterocycles. The van der Waals surface area contributed by atoms with Gasteiger partial charge in [-0.05, 0) is 17.7 Å². The Morgan fingerprint density at radius 1 is 1.08 bits per heavy atom. The highest BCUT2D eigenvalue weighted by Crippen LogP contribution is 2.31. The first-order valence-electron chi connectivity index (χ1n) is 7.83. The molecule has 1 aliphatic rings. The summed E-state index contributed by atoms with van der Waals surface area (Å²) in [5.41, 5.74) is 1.15. The molecule has 6 nitrogen and oxygen atoms in total. The second-order valence-corrected chi connectivity index (χ2v) is 6.58. The van der Waals surface area contributed by atoms with Crippen molar-refractivity contribution in [2.45, 2.75) is 12.5 Å². The van der Waals surface area contributed by atoms with Gasteiger partial charge in [-0.3, -0.25) is 10.1 Å². The number of amides is 1. The molecule has 0 aliphatic carbocycles. The maximum Gasteiger partial charge on any atom is 0.270 e. The Hall–Kier alpha value is -2.93. The highest BCUT2D eigenvalue weighted by Gasteiger charge is 2.28. The number of ether oxygens (including phenoxy) is 2. The van der Waals surface area contributed by atoms with Crippen LogP contribution in [0.15, 0.2) is 54.6 Å². The molecule has 0 saturated carbocycles. The van der Waals surface area contributed by atoms with Crippen molar-refractivity contribution in [3.8, 4) is 11.5 Å². The van der Waals surface area contributed by atoms with Crippen LogP contribution < -0.4 is 14.8 Å². The molecule has 0 spiro atoms. The molecule has 0 radical (unpaired) electrons. The van der Waals surface area contributed by atoms with Gasteiger partial charge < -0.3 is 9.47 Å². The summed E-state index contributed by atoms with van der Waals surface area (Å²) in [6.07, 6.45) is -0.0264. The van der Waals surface area contributed by atoms with Crippen LogP contribution in [0.2, 0.25) is 0 Å². The van der Waals surface area contributed by atoms with E-state index in [0.717, 1.165) is 10.6 Å². The molecule has 1 aromatic heterocycles. The second-order valence-electron chi connectivity index (χ2n) is 5.52. The molecule has 4 rings (SSSR count). The van der Waals surface area contributed by atoms with Gasteiger partial charge in [0.25, 0.3) is 5.91 Å². The maximum atomic E-state index is 12.4. The first-order valence-corrected chi connectivity index (χ1v) is 8.65. The van der Waals surface area contributed by atoms with E-state index in [1.54, 1.807) is 6.07 Å². The molecule has 0 fully saturated rings. The molecule has 1 N–H and O–H groups in total. The third-order valence-corrected chi connectivity index (χ3v) is 4.53. The Morgan fingerprint density at radius 2 is 1.84 bits per heavy atom. The van der Waals surface area contributed by atoms with Gasteiger partial charge in [0.15, 0.2) is 11.5 Å². The van der Waals surface area contributed by atoms with E-state index in [1.165, 1.54) is 11.3 Å². The van der Waals surface area contributed by atoms with Gasteiger partial charge in [0.1, 0.15) is 11.6 Å². The van der Waals surface area contributed by atoms with Crippen molar-refractivity contribution >= 4 is 22.4 Å². The van der Waals surface area contributed by atoms with Gasteiger partial charge >= 0.3 is 0 Å². The zero-order chi connectivity index (χ0) is 17.1. The molecule has 7 heteroatoms. The number of hydrogen-bond donors (Lipinski definition) is 1. The fraction of sp³-hybridized carbons (Fsp3) is 0.167. The van der Waals surface area contributed by atoms with Crippen molar-refractivity contribution < 1.29 is 14.3 Å². The maximum absolute atomic E-state index is 12.4. The molecular weight excluding hydrogens is 338 g/mol. The van der Waals surface area contributed by atoms with Gasteiger partial charge in [0.2, 0.25) is 11.2 Å². The van der Waals surface area contributed by atoms with E-state index >= 15 is 0 Å². The summed E-state index contributed by atoms with van der Waals surface area (Å²) in [6, 6.07) is 17.3. The number of nitrogens with zero attached hydrogens (tertiary/aromatic N) is 2. The number of anilines is 1. The van der Waals surface area contributed by atoms with Gasteiger partial charge in [-0.25, -0.2) is 0 Å². The van der Waals surface area contributed by atoms with Crippen LogP contribution in [-0.2, 0) is 11.2 Å². The highest BCUT2D eigenvalue weighted by atomic mass is 32.1. The van der Waals surface area contributed by atoms with Crippen molar-refractivity contribution in [3.63, 3.8) is 0 Å². The third-order valence-electron chi connectivity index (χ3n) is 3.70. The summed E-state index contributed by atoms with van der Waals surface area (Å²) in [5, 5.41) is 12.2. The van der Waals surface area contributed by atoms with Crippen LogP contribution in [-0.4, -0.2) is 28.8 Å². The smallest absolute Gasteiger partial charge is 0.270 e. The lowest BCUT2D eigenvalue weighted by atomic mass is 10.2. The second kappa shape index (κ2) is 6.90. The van der Waals surface area contributed by atoms with Crippen molar-refractivity contribution in [3.05, 3.63) is 65.2 Å². The number of benzene rings is 2. The predicted octanol–water partition coefficient (Wildman–Crippen LogP) is 2.91. The first-order chi connectivity index (χ1) is 12.3. The molecular formula is C18H15N3O3S. The average Bonchev–Trinajstić information content (AvgIpc) is 3.09. The molecule has 2 aromatic carbocycles. The van der Waals surface area contributed by atoms with Gasteiger partial charge in [0, 0.05) is 6.42 Å². The van der Waals surface area contributed by atoms with Gasteiger partial charge in [-0.2, -0.15) is 0 Å². The number of fused-ring (bicyclic) bond motifs is 1. The molecule has 0 unspecified atom stereocenters. The largest absolute Gasteiger partial charge is 0.485 e. The van der Waals surface area contributed by atoms with Crippen LogP contribution >= 0.6 is 11.3 Å². The Balaban J connectivity index is 1.39. The molecule has 2 heterocycles. The van der Waals surface area contributed by atoms with E-state index < -0.39 is 6.10 Å². The van der Waals surface area contributed by atoms with E-state index in [4.69, 9.17) is 9.47 Å². The van der Waals surface area contributed by atoms with Crippen LogP contribution in [0.25, 0.3) is 0 Å². The number of aromatic nitrogens is 2. The van der Waals surface area contributed by atoms with Crippen molar-refractivity contribution in [1.29, 1.82) is 0 Å². The quantitative estimate of drug-likeness (QED) is 0.781. The summed E-state index contributed by atoms with van der Waals surface area (Å²) in [6.45, 7) is 0.165. The zero-order valence-electron chi connectivity index (χ0n) is 13.2. The molecule has 1 amide bonds. The average molecular weight is 353 g/mol. The zero-order valence-corrected chi connectivity index (χ0v) is 14.0. The van der Waals surface area contributed by atoms with Crippen LogP contribution in [0.4, 0.5) is 5.13 Å². The summed E-state index contributed by atoms with van der Waals surface area (Å²) in [5.74, 6) is 0.917. The van der Waals surface area contributed by atoms with Crippen molar-refractivity contribution in [2.75, 3.05) is 11.9 Å². The number of rotatable bonds is 4. The Kier molecular flexibility index (Phi) is 4.30. The lowest BCUT2D eigenvalue weighted by Crippen LogP contribution is -2.40. The summed E-state index contributed by atoms with van der Waals surface area (Å²) in [4.78, 5) is 12.4. The monoisotopic (exact) mass is 353 g/mol. The van der Waals surface area contributed by atoms with E-state index in [-0.39, 0.29) is 12.5 Å². The van der Waals surface area contributed by atoms with Gasteiger partial charge in [-0.15, -0.1) is 10.2 Å². The van der Waals surface area contributed by atoms with Crippen molar-refractivity contribution in [2.24, 2.45) is 0 Å². The lowest BCUT2D eigenvalue weighted by molar-refractivity contribution is -0.125.